The lowest BCUT2D eigenvalue weighted by Gasteiger charge is -2.02. The van der Waals surface area contributed by atoms with Gasteiger partial charge in [0.25, 0.3) is 0 Å². The summed E-state index contributed by atoms with van der Waals surface area (Å²) in [6.07, 6.45) is 0. The molecule has 0 unspecified atom stereocenters. The predicted octanol–water partition coefficient (Wildman–Crippen LogP) is 0.970. The van der Waals surface area contributed by atoms with Gasteiger partial charge < -0.3 is 9.84 Å². The van der Waals surface area contributed by atoms with Crippen LogP contribution in [0, 0.1) is 0 Å². The van der Waals surface area contributed by atoms with Crippen molar-refractivity contribution < 1.29 is 19.4 Å². The molecular formula is C8H12O4. The Balaban J connectivity index is 4.55. The van der Waals surface area contributed by atoms with Crippen LogP contribution < -0.4 is 0 Å². The molecule has 0 amide bonds. The van der Waals surface area contributed by atoms with E-state index in [-0.39, 0.29) is 17.8 Å². The zero-order valence-corrected chi connectivity index (χ0v) is 7.38. The summed E-state index contributed by atoms with van der Waals surface area (Å²) in [4.78, 5) is 21.3. The fourth-order valence-electron chi connectivity index (χ4n) is 0.553. The molecule has 0 heterocycles. The fourth-order valence-corrected chi connectivity index (χ4v) is 0.553. The molecule has 68 valence electrons. The second kappa shape index (κ2) is 4.54. The molecule has 0 fully saturated rings. The number of esters is 1. The molecule has 0 aliphatic heterocycles. The summed E-state index contributed by atoms with van der Waals surface area (Å²) in [5.41, 5.74) is 0.165. The van der Waals surface area contributed by atoms with Crippen LogP contribution in [0.1, 0.15) is 20.8 Å². The van der Waals surface area contributed by atoms with E-state index < -0.39 is 11.9 Å². The highest BCUT2D eigenvalue weighted by molar-refractivity contribution is 5.98. The smallest absolute Gasteiger partial charge is 0.334 e. The number of aliphatic carboxylic acids is 1. The third-order valence-electron chi connectivity index (χ3n) is 1.46. The Labute approximate surface area is 70.8 Å². The number of carboxylic acids is 1. The average Bonchev–Trinajstić information content (AvgIpc) is 2.02. The van der Waals surface area contributed by atoms with Crippen LogP contribution >= 0.6 is 0 Å². The van der Waals surface area contributed by atoms with Crippen molar-refractivity contribution in [3.63, 3.8) is 0 Å². The first kappa shape index (κ1) is 10.7. The van der Waals surface area contributed by atoms with Gasteiger partial charge >= 0.3 is 11.9 Å². The van der Waals surface area contributed by atoms with E-state index >= 15 is 0 Å². The summed E-state index contributed by atoms with van der Waals surface area (Å²) in [5, 5.41) is 8.50. The van der Waals surface area contributed by atoms with E-state index in [0.717, 1.165) is 0 Å². The highest BCUT2D eigenvalue weighted by Crippen LogP contribution is 2.05. The Kier molecular flexibility index (Phi) is 4.04. The maximum absolute atomic E-state index is 10.9. The Morgan fingerprint density at radius 2 is 1.75 bits per heavy atom. The van der Waals surface area contributed by atoms with Crippen molar-refractivity contribution in [3.05, 3.63) is 11.1 Å². The molecule has 0 saturated heterocycles. The summed E-state index contributed by atoms with van der Waals surface area (Å²) in [7, 11) is 0. The highest BCUT2D eigenvalue weighted by atomic mass is 16.5. The van der Waals surface area contributed by atoms with Crippen molar-refractivity contribution in [1.82, 2.24) is 0 Å². The molecule has 0 aliphatic rings. The van der Waals surface area contributed by atoms with E-state index in [1.807, 2.05) is 0 Å². The number of carbonyl (C=O) groups excluding carboxylic acids is 1. The second-order valence-corrected chi connectivity index (χ2v) is 2.28. The normalized spacial score (nSPS) is 11.9. The van der Waals surface area contributed by atoms with Crippen LogP contribution in [-0.4, -0.2) is 23.7 Å². The predicted molar refractivity (Wildman–Crippen MR) is 42.6 cm³/mol. The van der Waals surface area contributed by atoms with Crippen molar-refractivity contribution in [2.75, 3.05) is 6.61 Å². The fraction of sp³-hybridized carbons (Fsp3) is 0.500. The molecule has 1 N–H and O–H groups in total. The Bertz CT molecular complexity index is 227. The van der Waals surface area contributed by atoms with Crippen molar-refractivity contribution in [2.45, 2.75) is 20.8 Å². The number of hydrogen-bond acceptors (Lipinski definition) is 3. The van der Waals surface area contributed by atoms with Crippen molar-refractivity contribution in [2.24, 2.45) is 0 Å². The van der Waals surface area contributed by atoms with Crippen molar-refractivity contribution in [1.29, 1.82) is 0 Å². The van der Waals surface area contributed by atoms with Gasteiger partial charge in [-0.25, -0.2) is 9.59 Å². The minimum atomic E-state index is -1.10. The van der Waals surface area contributed by atoms with Gasteiger partial charge in [0.15, 0.2) is 0 Å². The van der Waals surface area contributed by atoms with Gasteiger partial charge in [-0.2, -0.15) is 0 Å². The molecule has 0 aromatic heterocycles. The summed E-state index contributed by atoms with van der Waals surface area (Å²) >= 11 is 0. The average molecular weight is 172 g/mol. The first-order chi connectivity index (χ1) is 5.50. The number of carboxylic acid groups (broad SMARTS) is 1. The van der Waals surface area contributed by atoms with Crippen LogP contribution in [-0.2, 0) is 14.3 Å². The Morgan fingerprint density at radius 1 is 1.25 bits per heavy atom. The van der Waals surface area contributed by atoms with E-state index in [1.54, 1.807) is 6.92 Å². The first-order valence-electron chi connectivity index (χ1n) is 3.58. The number of hydrogen-bond donors (Lipinski definition) is 1. The molecule has 0 atom stereocenters. The van der Waals surface area contributed by atoms with Gasteiger partial charge in [-0.3, -0.25) is 0 Å². The summed E-state index contributed by atoms with van der Waals surface area (Å²) < 4.78 is 4.61. The Morgan fingerprint density at radius 3 is 2.08 bits per heavy atom. The maximum Gasteiger partial charge on any atom is 0.334 e. The van der Waals surface area contributed by atoms with E-state index in [4.69, 9.17) is 5.11 Å². The zero-order valence-electron chi connectivity index (χ0n) is 7.38. The lowest BCUT2D eigenvalue weighted by atomic mass is 10.1. The van der Waals surface area contributed by atoms with Crippen LogP contribution in [0.25, 0.3) is 0 Å². The van der Waals surface area contributed by atoms with Gasteiger partial charge in [0, 0.05) is 11.1 Å². The molecule has 0 radical (unpaired) electrons. The first-order valence-corrected chi connectivity index (χ1v) is 3.58. The van der Waals surface area contributed by atoms with Crippen molar-refractivity contribution in [3.8, 4) is 0 Å². The van der Waals surface area contributed by atoms with Gasteiger partial charge in [0.05, 0.1) is 6.61 Å². The van der Waals surface area contributed by atoms with Gasteiger partial charge in [-0.05, 0) is 20.8 Å². The topological polar surface area (TPSA) is 63.6 Å². The number of ether oxygens (including phenoxy) is 1. The molecule has 0 saturated carbocycles. The van der Waals surface area contributed by atoms with Crippen molar-refractivity contribution >= 4 is 11.9 Å². The third-order valence-corrected chi connectivity index (χ3v) is 1.46. The minimum absolute atomic E-state index is 0.0217. The van der Waals surface area contributed by atoms with Gasteiger partial charge in [0.1, 0.15) is 0 Å². The molecular weight excluding hydrogens is 160 g/mol. The number of carbonyl (C=O) groups is 2. The molecule has 0 aliphatic carbocycles. The van der Waals surface area contributed by atoms with Crippen LogP contribution in [0.4, 0.5) is 0 Å². The maximum atomic E-state index is 10.9. The largest absolute Gasteiger partial charge is 0.478 e. The van der Waals surface area contributed by atoms with Gasteiger partial charge in [0.2, 0.25) is 0 Å². The molecule has 0 aromatic carbocycles. The Hall–Kier alpha value is -1.32. The van der Waals surface area contributed by atoms with Gasteiger partial charge in [-0.15, -0.1) is 0 Å². The van der Waals surface area contributed by atoms with E-state index in [2.05, 4.69) is 4.74 Å². The summed E-state index contributed by atoms with van der Waals surface area (Å²) in [6.45, 7) is 4.72. The third kappa shape index (κ3) is 2.74. The highest BCUT2D eigenvalue weighted by Gasteiger charge is 2.12. The molecule has 0 spiro atoms. The SMILES string of the molecule is CCOC(=O)C(C)=C(C)C(=O)O. The molecule has 4 nitrogen and oxygen atoms in total. The lowest BCUT2D eigenvalue weighted by Crippen LogP contribution is -2.10. The minimum Gasteiger partial charge on any atom is -0.478 e. The lowest BCUT2D eigenvalue weighted by molar-refractivity contribution is -0.139. The molecule has 4 heteroatoms. The molecule has 12 heavy (non-hydrogen) atoms. The van der Waals surface area contributed by atoms with Crippen LogP contribution in [0.3, 0.4) is 0 Å². The monoisotopic (exact) mass is 172 g/mol. The van der Waals surface area contributed by atoms with Crippen LogP contribution in [0.2, 0.25) is 0 Å². The van der Waals surface area contributed by atoms with Crippen LogP contribution in [0.15, 0.2) is 11.1 Å². The summed E-state index contributed by atoms with van der Waals surface area (Å²) in [5.74, 6) is -1.67. The van der Waals surface area contributed by atoms with E-state index in [0.29, 0.717) is 0 Å². The molecule has 0 rings (SSSR count). The number of rotatable bonds is 3. The van der Waals surface area contributed by atoms with E-state index in [1.165, 1.54) is 13.8 Å². The quantitative estimate of drug-likeness (QED) is 0.509. The standard InChI is InChI=1S/C8H12O4/c1-4-12-8(11)6(3)5(2)7(9)10/h4H2,1-3H3,(H,9,10). The van der Waals surface area contributed by atoms with E-state index in [9.17, 15) is 9.59 Å². The second-order valence-electron chi connectivity index (χ2n) is 2.28. The zero-order chi connectivity index (χ0) is 9.72. The molecule has 0 bridgehead atoms. The summed E-state index contributed by atoms with van der Waals surface area (Å²) in [6, 6.07) is 0. The molecule has 0 aromatic rings. The van der Waals surface area contributed by atoms with Crippen LogP contribution in [0.5, 0.6) is 0 Å². The van der Waals surface area contributed by atoms with Gasteiger partial charge in [-0.1, -0.05) is 0 Å².